The minimum absolute atomic E-state index is 0.752. The van der Waals surface area contributed by atoms with Gasteiger partial charge in [-0.15, -0.1) is 10.2 Å². The largest absolute Gasteiger partial charge is 0.399 e. The van der Waals surface area contributed by atoms with Crippen molar-refractivity contribution in [1.82, 2.24) is 14.6 Å². The van der Waals surface area contributed by atoms with Gasteiger partial charge < -0.3 is 5.73 Å². The van der Waals surface area contributed by atoms with E-state index in [1.807, 2.05) is 24.3 Å². The number of rotatable bonds is 2. The van der Waals surface area contributed by atoms with Crippen molar-refractivity contribution in [3.63, 3.8) is 0 Å². The van der Waals surface area contributed by atoms with Gasteiger partial charge in [0, 0.05) is 11.3 Å². The predicted octanol–water partition coefficient (Wildman–Crippen LogP) is 3.76. The van der Waals surface area contributed by atoms with Gasteiger partial charge >= 0.3 is 0 Å². The van der Waals surface area contributed by atoms with E-state index in [0.717, 1.165) is 34.0 Å². The molecule has 0 saturated carbocycles. The molecular formula is C16H14N4S. The van der Waals surface area contributed by atoms with Gasteiger partial charge in [0.1, 0.15) is 0 Å². The highest BCUT2D eigenvalue weighted by atomic mass is 32.1. The molecule has 2 aromatic carbocycles. The standard InChI is InChI=1S/C16H14N4S/c1-2-10-3-8-13-14(9-10)21-16-19-18-15(20(13)16)11-4-6-12(17)7-5-11/h3-9H,2,17H2,1H3. The van der Waals surface area contributed by atoms with Crippen LogP contribution in [0.1, 0.15) is 12.5 Å². The van der Waals surface area contributed by atoms with Crippen molar-refractivity contribution in [3.8, 4) is 11.4 Å². The zero-order valence-electron chi connectivity index (χ0n) is 11.6. The van der Waals surface area contributed by atoms with Gasteiger partial charge in [0.25, 0.3) is 0 Å². The summed E-state index contributed by atoms with van der Waals surface area (Å²) in [5, 5.41) is 8.64. The van der Waals surface area contributed by atoms with Crippen molar-refractivity contribution in [2.75, 3.05) is 5.73 Å². The number of aryl methyl sites for hydroxylation is 1. The van der Waals surface area contributed by atoms with E-state index in [-0.39, 0.29) is 0 Å². The zero-order chi connectivity index (χ0) is 14.4. The van der Waals surface area contributed by atoms with Crippen LogP contribution in [0.15, 0.2) is 42.5 Å². The summed E-state index contributed by atoms with van der Waals surface area (Å²) in [5.74, 6) is 0.862. The van der Waals surface area contributed by atoms with Crippen LogP contribution in [0.25, 0.3) is 26.6 Å². The van der Waals surface area contributed by atoms with E-state index in [1.54, 1.807) is 11.3 Å². The minimum Gasteiger partial charge on any atom is -0.399 e. The first-order valence-corrected chi connectivity index (χ1v) is 7.70. The molecule has 0 amide bonds. The van der Waals surface area contributed by atoms with Crippen molar-refractivity contribution in [1.29, 1.82) is 0 Å². The number of hydrogen-bond acceptors (Lipinski definition) is 4. The van der Waals surface area contributed by atoms with Gasteiger partial charge in [-0.1, -0.05) is 24.3 Å². The Balaban J connectivity index is 1.99. The monoisotopic (exact) mass is 294 g/mol. The minimum atomic E-state index is 0.752. The third-order valence-corrected chi connectivity index (χ3v) is 4.67. The highest BCUT2D eigenvalue weighted by Crippen LogP contribution is 2.31. The fraction of sp³-hybridized carbons (Fsp3) is 0.125. The molecule has 2 aromatic heterocycles. The molecule has 5 heteroatoms. The number of anilines is 1. The fourth-order valence-corrected chi connectivity index (χ4v) is 3.54. The Labute approximate surface area is 125 Å². The zero-order valence-corrected chi connectivity index (χ0v) is 12.4. The number of hydrogen-bond donors (Lipinski definition) is 1. The van der Waals surface area contributed by atoms with Crippen LogP contribution in [0.2, 0.25) is 0 Å². The first kappa shape index (κ1) is 12.3. The SMILES string of the molecule is CCc1ccc2c(c1)sc1nnc(-c3ccc(N)cc3)n12. The van der Waals surface area contributed by atoms with Crippen LogP contribution in [0.3, 0.4) is 0 Å². The van der Waals surface area contributed by atoms with E-state index < -0.39 is 0 Å². The van der Waals surface area contributed by atoms with E-state index in [1.165, 1.54) is 10.3 Å². The smallest absolute Gasteiger partial charge is 0.217 e. The highest BCUT2D eigenvalue weighted by Gasteiger charge is 2.13. The van der Waals surface area contributed by atoms with Gasteiger partial charge in [0.2, 0.25) is 4.96 Å². The maximum atomic E-state index is 5.75. The van der Waals surface area contributed by atoms with Crippen molar-refractivity contribution < 1.29 is 0 Å². The van der Waals surface area contributed by atoms with Gasteiger partial charge in [-0.3, -0.25) is 4.40 Å². The van der Waals surface area contributed by atoms with E-state index in [4.69, 9.17) is 5.73 Å². The Morgan fingerprint density at radius 2 is 1.90 bits per heavy atom. The van der Waals surface area contributed by atoms with E-state index >= 15 is 0 Å². The molecule has 4 rings (SSSR count). The molecule has 0 atom stereocenters. The number of nitrogen functional groups attached to an aromatic ring is 1. The molecule has 0 radical (unpaired) electrons. The highest BCUT2D eigenvalue weighted by molar-refractivity contribution is 7.23. The Bertz CT molecular complexity index is 934. The normalized spacial score (nSPS) is 11.5. The molecular weight excluding hydrogens is 280 g/mol. The van der Waals surface area contributed by atoms with Gasteiger partial charge in [-0.05, 0) is 48.4 Å². The average Bonchev–Trinajstić information content (AvgIpc) is 3.06. The second-order valence-corrected chi connectivity index (χ2v) is 6.03. The van der Waals surface area contributed by atoms with Crippen LogP contribution in [-0.2, 0) is 6.42 Å². The molecule has 0 aliphatic heterocycles. The first-order chi connectivity index (χ1) is 10.3. The first-order valence-electron chi connectivity index (χ1n) is 6.89. The number of nitrogens with two attached hydrogens (primary N) is 1. The number of benzene rings is 2. The quantitative estimate of drug-likeness (QED) is 0.573. The molecule has 104 valence electrons. The van der Waals surface area contributed by atoms with Crippen molar-refractivity contribution >= 4 is 32.2 Å². The van der Waals surface area contributed by atoms with E-state index in [2.05, 4.69) is 39.7 Å². The van der Waals surface area contributed by atoms with Crippen molar-refractivity contribution in [2.24, 2.45) is 0 Å². The average molecular weight is 294 g/mol. The van der Waals surface area contributed by atoms with Crippen LogP contribution < -0.4 is 5.73 Å². The molecule has 2 heterocycles. The number of aromatic nitrogens is 3. The van der Waals surface area contributed by atoms with Crippen LogP contribution in [0, 0.1) is 0 Å². The van der Waals surface area contributed by atoms with Crippen molar-refractivity contribution in [2.45, 2.75) is 13.3 Å². The molecule has 21 heavy (non-hydrogen) atoms. The third-order valence-electron chi connectivity index (χ3n) is 3.68. The van der Waals surface area contributed by atoms with Crippen LogP contribution in [0.4, 0.5) is 5.69 Å². The summed E-state index contributed by atoms with van der Waals surface area (Å²) in [7, 11) is 0. The molecule has 0 aliphatic rings. The summed E-state index contributed by atoms with van der Waals surface area (Å²) in [6.45, 7) is 2.17. The van der Waals surface area contributed by atoms with Crippen LogP contribution >= 0.6 is 11.3 Å². The summed E-state index contributed by atoms with van der Waals surface area (Å²) in [6.07, 6.45) is 1.04. The Morgan fingerprint density at radius 1 is 1.10 bits per heavy atom. The molecule has 4 aromatic rings. The van der Waals surface area contributed by atoms with Crippen molar-refractivity contribution in [3.05, 3.63) is 48.0 Å². The summed E-state index contributed by atoms with van der Waals surface area (Å²) in [4.78, 5) is 0.921. The Morgan fingerprint density at radius 3 is 2.67 bits per heavy atom. The molecule has 0 spiro atoms. The van der Waals surface area contributed by atoms with Gasteiger partial charge in [-0.2, -0.15) is 0 Å². The molecule has 0 aliphatic carbocycles. The lowest BCUT2D eigenvalue weighted by molar-refractivity contribution is 1.12. The number of fused-ring (bicyclic) bond motifs is 3. The lowest BCUT2D eigenvalue weighted by Gasteiger charge is -2.01. The predicted molar refractivity (Wildman–Crippen MR) is 87.6 cm³/mol. The van der Waals surface area contributed by atoms with Gasteiger partial charge in [0.05, 0.1) is 10.2 Å². The second-order valence-electron chi connectivity index (χ2n) is 5.02. The summed E-state index contributed by atoms with van der Waals surface area (Å²) in [6, 6.07) is 14.3. The maximum Gasteiger partial charge on any atom is 0.217 e. The lowest BCUT2D eigenvalue weighted by Crippen LogP contribution is -1.90. The number of thiazole rings is 1. The molecule has 0 bridgehead atoms. The topological polar surface area (TPSA) is 56.2 Å². The molecule has 4 nitrogen and oxygen atoms in total. The van der Waals surface area contributed by atoms with Gasteiger partial charge in [-0.25, -0.2) is 0 Å². The fourth-order valence-electron chi connectivity index (χ4n) is 2.52. The number of nitrogens with zero attached hydrogens (tertiary/aromatic N) is 3. The van der Waals surface area contributed by atoms with E-state index in [0.29, 0.717) is 0 Å². The summed E-state index contributed by atoms with van der Waals surface area (Å²) in [5.41, 5.74) is 10.0. The van der Waals surface area contributed by atoms with Crippen LogP contribution in [-0.4, -0.2) is 14.6 Å². The van der Waals surface area contributed by atoms with E-state index in [9.17, 15) is 0 Å². The maximum absolute atomic E-state index is 5.75. The molecule has 2 N–H and O–H groups in total. The summed E-state index contributed by atoms with van der Waals surface area (Å²) >= 11 is 1.67. The van der Waals surface area contributed by atoms with Gasteiger partial charge in [0.15, 0.2) is 5.82 Å². The Kier molecular flexibility index (Phi) is 2.68. The molecule has 0 unspecified atom stereocenters. The lowest BCUT2D eigenvalue weighted by atomic mass is 10.1. The van der Waals surface area contributed by atoms with Crippen LogP contribution in [0.5, 0.6) is 0 Å². The molecule has 0 fully saturated rings. The Hall–Kier alpha value is -2.40. The molecule has 0 saturated heterocycles. The summed E-state index contributed by atoms with van der Waals surface area (Å²) < 4.78 is 3.36. The second kappa shape index (κ2) is 4.56. The third kappa shape index (κ3) is 1.89.